The zero-order valence-electron chi connectivity index (χ0n) is 8.81. The minimum Gasteiger partial charge on any atom is -0.383 e. The van der Waals surface area contributed by atoms with Gasteiger partial charge in [0.25, 0.3) is 0 Å². The summed E-state index contributed by atoms with van der Waals surface area (Å²) in [7, 11) is 3.79. The Labute approximate surface area is 81.2 Å². The Kier molecular flexibility index (Phi) is 5.35. The molecular formula is C10H22N2O. The lowest BCUT2D eigenvalue weighted by atomic mass is 9.91. The van der Waals surface area contributed by atoms with E-state index in [-0.39, 0.29) is 0 Å². The summed E-state index contributed by atoms with van der Waals surface area (Å²) < 4.78 is 5.16. The van der Waals surface area contributed by atoms with Gasteiger partial charge in [-0.25, -0.2) is 0 Å². The topological polar surface area (TPSA) is 33.3 Å². The van der Waals surface area contributed by atoms with Crippen molar-refractivity contribution in [3.8, 4) is 0 Å². The maximum absolute atomic E-state index is 5.16. The number of methoxy groups -OCH3 is 1. The maximum atomic E-state index is 5.16. The maximum Gasteiger partial charge on any atom is 0.0615 e. The second-order valence-corrected chi connectivity index (χ2v) is 3.87. The summed E-state index contributed by atoms with van der Waals surface area (Å²) in [5.41, 5.74) is 0. The molecule has 0 aromatic heterocycles. The van der Waals surface area contributed by atoms with E-state index in [0.717, 1.165) is 12.5 Å². The van der Waals surface area contributed by atoms with E-state index in [2.05, 4.69) is 10.6 Å². The molecule has 1 unspecified atom stereocenters. The highest BCUT2D eigenvalue weighted by Gasteiger charge is 2.17. The third-order valence-electron chi connectivity index (χ3n) is 2.85. The van der Waals surface area contributed by atoms with E-state index in [4.69, 9.17) is 4.74 Å². The van der Waals surface area contributed by atoms with E-state index in [9.17, 15) is 0 Å². The number of rotatable bonds is 5. The van der Waals surface area contributed by atoms with Gasteiger partial charge in [0.1, 0.15) is 0 Å². The van der Waals surface area contributed by atoms with Gasteiger partial charge >= 0.3 is 0 Å². The van der Waals surface area contributed by atoms with Crippen LogP contribution in [0.3, 0.4) is 0 Å². The van der Waals surface area contributed by atoms with Crippen molar-refractivity contribution in [2.75, 3.05) is 33.9 Å². The lowest BCUT2D eigenvalue weighted by Crippen LogP contribution is -2.36. The number of likely N-dealkylation sites (N-methyl/N-ethyl adjacent to an activating group) is 1. The highest BCUT2D eigenvalue weighted by Crippen LogP contribution is 2.17. The molecule has 1 rings (SSSR count). The Morgan fingerprint density at radius 3 is 2.69 bits per heavy atom. The van der Waals surface area contributed by atoms with Crippen molar-refractivity contribution in [3.05, 3.63) is 0 Å². The van der Waals surface area contributed by atoms with Crippen molar-refractivity contribution in [3.63, 3.8) is 0 Å². The SMILES string of the molecule is CNC(COC)CC1CCNCC1. The molecule has 78 valence electrons. The van der Waals surface area contributed by atoms with E-state index >= 15 is 0 Å². The molecule has 0 aromatic rings. The van der Waals surface area contributed by atoms with Crippen LogP contribution in [0.15, 0.2) is 0 Å². The van der Waals surface area contributed by atoms with Crippen LogP contribution in [0, 0.1) is 5.92 Å². The Morgan fingerprint density at radius 1 is 1.46 bits per heavy atom. The summed E-state index contributed by atoms with van der Waals surface area (Å²) in [4.78, 5) is 0. The first-order chi connectivity index (χ1) is 6.36. The predicted molar refractivity (Wildman–Crippen MR) is 54.9 cm³/mol. The van der Waals surface area contributed by atoms with E-state index in [1.165, 1.54) is 32.4 Å². The molecule has 0 amide bonds. The minimum atomic E-state index is 0.535. The highest BCUT2D eigenvalue weighted by molar-refractivity contribution is 4.74. The van der Waals surface area contributed by atoms with Crippen LogP contribution in [0.2, 0.25) is 0 Å². The molecule has 3 nitrogen and oxygen atoms in total. The molecule has 0 aromatic carbocycles. The number of ether oxygens (including phenoxy) is 1. The van der Waals surface area contributed by atoms with Crippen LogP contribution in [-0.4, -0.2) is 39.9 Å². The molecule has 2 N–H and O–H groups in total. The van der Waals surface area contributed by atoms with Crippen molar-refractivity contribution < 1.29 is 4.74 Å². The van der Waals surface area contributed by atoms with Crippen LogP contribution in [0.1, 0.15) is 19.3 Å². The molecule has 1 aliphatic heterocycles. The lowest BCUT2D eigenvalue weighted by Gasteiger charge is -2.26. The standard InChI is InChI=1S/C10H22N2O/c1-11-10(8-13-2)7-9-3-5-12-6-4-9/h9-12H,3-8H2,1-2H3. The molecule has 1 atom stereocenters. The zero-order chi connectivity index (χ0) is 9.52. The predicted octanol–water partition coefficient (Wildman–Crippen LogP) is 0.610. The summed E-state index contributed by atoms with van der Waals surface area (Å²) in [6.07, 6.45) is 3.90. The fraction of sp³-hybridized carbons (Fsp3) is 1.00. The van der Waals surface area contributed by atoms with Gasteiger partial charge in [-0.3, -0.25) is 0 Å². The molecule has 1 aliphatic rings. The summed E-state index contributed by atoms with van der Waals surface area (Å²) in [6.45, 7) is 3.21. The third kappa shape index (κ3) is 4.07. The fourth-order valence-corrected chi connectivity index (χ4v) is 1.99. The molecule has 0 radical (unpaired) electrons. The minimum absolute atomic E-state index is 0.535. The van der Waals surface area contributed by atoms with Gasteiger partial charge in [0, 0.05) is 13.2 Å². The van der Waals surface area contributed by atoms with Crippen molar-refractivity contribution in [2.24, 2.45) is 5.92 Å². The first-order valence-corrected chi connectivity index (χ1v) is 5.23. The first-order valence-electron chi connectivity index (χ1n) is 5.23. The van der Waals surface area contributed by atoms with E-state index in [0.29, 0.717) is 6.04 Å². The Morgan fingerprint density at radius 2 is 2.15 bits per heavy atom. The van der Waals surface area contributed by atoms with Gasteiger partial charge in [0.05, 0.1) is 6.61 Å². The average molecular weight is 186 g/mol. The van der Waals surface area contributed by atoms with Crippen molar-refractivity contribution in [1.82, 2.24) is 10.6 Å². The third-order valence-corrected chi connectivity index (χ3v) is 2.85. The van der Waals surface area contributed by atoms with Crippen LogP contribution in [-0.2, 0) is 4.74 Å². The van der Waals surface area contributed by atoms with Gasteiger partial charge in [-0.05, 0) is 45.3 Å². The van der Waals surface area contributed by atoms with Gasteiger partial charge in [-0.2, -0.15) is 0 Å². The van der Waals surface area contributed by atoms with Crippen LogP contribution in [0.25, 0.3) is 0 Å². The van der Waals surface area contributed by atoms with E-state index in [1.807, 2.05) is 7.05 Å². The molecule has 13 heavy (non-hydrogen) atoms. The first kappa shape index (κ1) is 11.0. The van der Waals surface area contributed by atoms with Crippen molar-refractivity contribution in [1.29, 1.82) is 0 Å². The normalized spacial score (nSPS) is 21.7. The smallest absolute Gasteiger partial charge is 0.0615 e. The molecule has 0 spiro atoms. The number of hydrogen-bond acceptors (Lipinski definition) is 3. The molecule has 0 saturated carbocycles. The zero-order valence-corrected chi connectivity index (χ0v) is 8.81. The van der Waals surface area contributed by atoms with E-state index in [1.54, 1.807) is 7.11 Å². The van der Waals surface area contributed by atoms with Crippen molar-refractivity contribution >= 4 is 0 Å². The number of hydrogen-bond donors (Lipinski definition) is 2. The second kappa shape index (κ2) is 6.35. The van der Waals surface area contributed by atoms with Crippen molar-refractivity contribution in [2.45, 2.75) is 25.3 Å². The molecule has 3 heteroatoms. The highest BCUT2D eigenvalue weighted by atomic mass is 16.5. The quantitative estimate of drug-likeness (QED) is 0.660. The average Bonchev–Trinajstić information content (AvgIpc) is 2.19. The van der Waals surface area contributed by atoms with E-state index < -0.39 is 0 Å². The molecule has 1 saturated heterocycles. The number of piperidine rings is 1. The molecule has 1 fully saturated rings. The van der Waals surface area contributed by atoms with Gasteiger partial charge in [0.15, 0.2) is 0 Å². The van der Waals surface area contributed by atoms with Crippen LogP contribution in [0.4, 0.5) is 0 Å². The Bertz CT molecular complexity index is 121. The fourth-order valence-electron chi connectivity index (χ4n) is 1.99. The van der Waals surface area contributed by atoms with Crippen LogP contribution < -0.4 is 10.6 Å². The van der Waals surface area contributed by atoms with Gasteiger partial charge in [-0.1, -0.05) is 0 Å². The number of nitrogens with one attached hydrogen (secondary N) is 2. The summed E-state index contributed by atoms with van der Waals surface area (Å²) in [5, 5.41) is 6.69. The monoisotopic (exact) mass is 186 g/mol. The van der Waals surface area contributed by atoms with Gasteiger partial charge in [-0.15, -0.1) is 0 Å². The van der Waals surface area contributed by atoms with Gasteiger partial charge in [0.2, 0.25) is 0 Å². The molecular weight excluding hydrogens is 164 g/mol. The Balaban J connectivity index is 2.18. The summed E-state index contributed by atoms with van der Waals surface area (Å²) in [6, 6.07) is 0.535. The molecule has 0 aliphatic carbocycles. The second-order valence-electron chi connectivity index (χ2n) is 3.87. The summed E-state index contributed by atoms with van der Waals surface area (Å²) >= 11 is 0. The lowest BCUT2D eigenvalue weighted by molar-refractivity contribution is 0.153. The molecule has 1 heterocycles. The molecule has 0 bridgehead atoms. The Hall–Kier alpha value is -0.120. The largest absolute Gasteiger partial charge is 0.383 e. The van der Waals surface area contributed by atoms with Crippen LogP contribution in [0.5, 0.6) is 0 Å². The summed E-state index contributed by atoms with van der Waals surface area (Å²) in [5.74, 6) is 0.883. The van der Waals surface area contributed by atoms with Gasteiger partial charge < -0.3 is 15.4 Å². The van der Waals surface area contributed by atoms with Crippen LogP contribution >= 0.6 is 0 Å².